The molecule has 1 amide bonds. The largest absolute Gasteiger partial charge is 0.361 e. The molecular weight excluding hydrogens is 393 g/mol. The lowest BCUT2D eigenvalue weighted by molar-refractivity contribution is 0.0954. The maximum absolute atomic E-state index is 14.2. The molecule has 0 bridgehead atoms. The minimum atomic E-state index is -3.93. The first kappa shape index (κ1) is 19.6. The summed E-state index contributed by atoms with van der Waals surface area (Å²) in [5.74, 6) is -1.27. The molecule has 2 N–H and O–H groups in total. The number of hydrogen-bond donors (Lipinski definition) is 2. The lowest BCUT2D eigenvalue weighted by atomic mass is 10.1. The quantitative estimate of drug-likeness (QED) is 0.649. The van der Waals surface area contributed by atoms with Crippen molar-refractivity contribution in [3.8, 4) is 0 Å². The van der Waals surface area contributed by atoms with Crippen molar-refractivity contribution in [3.63, 3.8) is 0 Å². The van der Waals surface area contributed by atoms with Gasteiger partial charge in [0.25, 0.3) is 5.91 Å². The van der Waals surface area contributed by atoms with Crippen molar-refractivity contribution in [1.29, 1.82) is 0 Å². The van der Waals surface area contributed by atoms with Crippen molar-refractivity contribution in [2.75, 3.05) is 19.6 Å². The molecular formula is C21H22FN3O3S. The standard InChI is InChI=1S/C21H22FN3O3S/c22-18-8-7-15(13-20(18)29(27,28)25-11-3-4-12-25)21(26)23-10-9-16-14-24-19-6-2-1-5-17(16)19/h1-2,5-8,13-14,24H,3-4,9-12H2,(H,23,26). The van der Waals surface area contributed by atoms with E-state index in [1.165, 1.54) is 10.4 Å². The van der Waals surface area contributed by atoms with Gasteiger partial charge in [0.15, 0.2) is 0 Å². The van der Waals surface area contributed by atoms with Crippen molar-refractivity contribution in [2.24, 2.45) is 0 Å². The number of aromatic amines is 1. The molecule has 0 radical (unpaired) electrons. The summed E-state index contributed by atoms with van der Waals surface area (Å²) in [6.45, 7) is 1.14. The van der Waals surface area contributed by atoms with Crippen molar-refractivity contribution in [3.05, 3.63) is 65.6 Å². The van der Waals surface area contributed by atoms with Gasteiger partial charge in [-0.2, -0.15) is 4.31 Å². The third kappa shape index (κ3) is 3.90. The topological polar surface area (TPSA) is 82.3 Å². The van der Waals surface area contributed by atoms with E-state index < -0.39 is 26.6 Å². The molecule has 29 heavy (non-hydrogen) atoms. The number of carbonyl (C=O) groups excluding carboxylic acids is 1. The van der Waals surface area contributed by atoms with Gasteiger partial charge in [-0.05, 0) is 49.1 Å². The summed E-state index contributed by atoms with van der Waals surface area (Å²) in [7, 11) is -3.93. The third-order valence-electron chi connectivity index (χ3n) is 5.23. The zero-order valence-corrected chi connectivity index (χ0v) is 16.6. The Morgan fingerprint density at radius 2 is 1.90 bits per heavy atom. The summed E-state index contributed by atoms with van der Waals surface area (Å²) in [6, 6.07) is 11.4. The van der Waals surface area contributed by atoms with Crippen LogP contribution in [0.25, 0.3) is 10.9 Å². The van der Waals surface area contributed by atoms with Gasteiger partial charge >= 0.3 is 0 Å². The molecule has 1 aliphatic heterocycles. The molecule has 1 fully saturated rings. The van der Waals surface area contributed by atoms with Gasteiger partial charge in [-0.25, -0.2) is 12.8 Å². The predicted octanol–water partition coefficient (Wildman–Crippen LogP) is 3.06. The van der Waals surface area contributed by atoms with E-state index in [0.717, 1.165) is 41.4 Å². The first-order valence-electron chi connectivity index (χ1n) is 9.60. The molecule has 3 aromatic rings. The van der Waals surface area contributed by atoms with Crippen LogP contribution in [0.1, 0.15) is 28.8 Å². The Morgan fingerprint density at radius 3 is 2.69 bits per heavy atom. The number of nitrogens with zero attached hydrogens (tertiary/aromatic N) is 1. The molecule has 2 heterocycles. The number of hydrogen-bond acceptors (Lipinski definition) is 3. The normalized spacial score (nSPS) is 15.1. The van der Waals surface area contributed by atoms with E-state index in [9.17, 15) is 17.6 Å². The second-order valence-corrected chi connectivity index (χ2v) is 9.03. The van der Waals surface area contributed by atoms with Gasteiger partial charge in [0.2, 0.25) is 10.0 Å². The van der Waals surface area contributed by atoms with Crippen LogP contribution >= 0.6 is 0 Å². The van der Waals surface area contributed by atoms with Gasteiger partial charge in [0, 0.05) is 42.3 Å². The van der Waals surface area contributed by atoms with Crippen LogP contribution in [-0.2, 0) is 16.4 Å². The molecule has 1 aromatic heterocycles. The van der Waals surface area contributed by atoms with Crippen LogP contribution in [0, 0.1) is 5.82 Å². The second-order valence-electron chi connectivity index (χ2n) is 7.12. The third-order valence-corrected chi connectivity index (χ3v) is 7.14. The van der Waals surface area contributed by atoms with E-state index in [0.29, 0.717) is 26.1 Å². The highest BCUT2D eigenvalue weighted by atomic mass is 32.2. The zero-order valence-electron chi connectivity index (χ0n) is 15.8. The van der Waals surface area contributed by atoms with E-state index >= 15 is 0 Å². The van der Waals surface area contributed by atoms with Crippen LogP contribution in [0.2, 0.25) is 0 Å². The average Bonchev–Trinajstić information content (AvgIpc) is 3.39. The van der Waals surface area contributed by atoms with E-state index in [4.69, 9.17) is 0 Å². The van der Waals surface area contributed by atoms with E-state index in [-0.39, 0.29) is 5.56 Å². The van der Waals surface area contributed by atoms with Crippen molar-refractivity contribution in [1.82, 2.24) is 14.6 Å². The van der Waals surface area contributed by atoms with E-state index in [2.05, 4.69) is 10.3 Å². The molecule has 1 aliphatic rings. The average molecular weight is 415 g/mol. The SMILES string of the molecule is O=C(NCCc1c[nH]c2ccccc12)c1ccc(F)c(S(=O)(=O)N2CCCC2)c1. The number of carbonyl (C=O) groups is 1. The van der Waals surface area contributed by atoms with Crippen LogP contribution in [0.3, 0.4) is 0 Å². The minimum absolute atomic E-state index is 0.128. The summed E-state index contributed by atoms with van der Waals surface area (Å²) in [5.41, 5.74) is 2.24. The number of H-pyrrole nitrogens is 1. The van der Waals surface area contributed by atoms with E-state index in [1.54, 1.807) is 0 Å². The first-order chi connectivity index (χ1) is 14.0. The Kier molecular flexibility index (Phi) is 5.38. The molecule has 8 heteroatoms. The number of sulfonamides is 1. The lowest BCUT2D eigenvalue weighted by Gasteiger charge is -2.16. The Balaban J connectivity index is 1.46. The number of aromatic nitrogens is 1. The zero-order chi connectivity index (χ0) is 20.4. The molecule has 0 aliphatic carbocycles. The number of rotatable bonds is 6. The molecule has 0 atom stereocenters. The van der Waals surface area contributed by atoms with Crippen molar-refractivity contribution >= 4 is 26.8 Å². The maximum atomic E-state index is 14.2. The summed E-state index contributed by atoms with van der Waals surface area (Å²) < 4.78 is 40.8. The monoisotopic (exact) mass is 415 g/mol. The summed E-state index contributed by atoms with van der Waals surface area (Å²) >= 11 is 0. The molecule has 2 aromatic carbocycles. The van der Waals surface area contributed by atoms with Crippen LogP contribution in [0.4, 0.5) is 4.39 Å². The fourth-order valence-corrected chi connectivity index (χ4v) is 5.27. The first-order valence-corrected chi connectivity index (χ1v) is 11.0. The number of para-hydroxylation sites is 1. The summed E-state index contributed by atoms with van der Waals surface area (Å²) in [5, 5.41) is 3.89. The number of benzene rings is 2. The molecule has 4 rings (SSSR count). The van der Waals surface area contributed by atoms with E-state index in [1.807, 2.05) is 30.5 Å². The predicted molar refractivity (Wildman–Crippen MR) is 109 cm³/mol. The highest BCUT2D eigenvalue weighted by Crippen LogP contribution is 2.24. The number of fused-ring (bicyclic) bond motifs is 1. The maximum Gasteiger partial charge on any atom is 0.251 e. The van der Waals surface area contributed by atoms with Crippen molar-refractivity contribution < 1.29 is 17.6 Å². The van der Waals surface area contributed by atoms with Crippen LogP contribution in [0.15, 0.2) is 53.6 Å². The van der Waals surface area contributed by atoms with Gasteiger partial charge in [-0.1, -0.05) is 18.2 Å². The highest BCUT2D eigenvalue weighted by Gasteiger charge is 2.30. The number of amides is 1. The molecule has 6 nitrogen and oxygen atoms in total. The van der Waals surface area contributed by atoms with Crippen molar-refractivity contribution in [2.45, 2.75) is 24.2 Å². The Labute approximate surface area is 168 Å². The molecule has 0 unspecified atom stereocenters. The smallest absolute Gasteiger partial charge is 0.251 e. The molecule has 1 saturated heterocycles. The number of nitrogens with one attached hydrogen (secondary N) is 2. The van der Waals surface area contributed by atoms with Gasteiger partial charge in [-0.3, -0.25) is 4.79 Å². The van der Waals surface area contributed by atoms with Crippen LogP contribution in [-0.4, -0.2) is 43.2 Å². The van der Waals surface area contributed by atoms with Crippen LogP contribution < -0.4 is 5.32 Å². The van der Waals surface area contributed by atoms with Gasteiger partial charge in [0.1, 0.15) is 10.7 Å². The molecule has 152 valence electrons. The van der Waals surface area contributed by atoms with Crippen LogP contribution in [0.5, 0.6) is 0 Å². The van der Waals surface area contributed by atoms with Gasteiger partial charge in [-0.15, -0.1) is 0 Å². The lowest BCUT2D eigenvalue weighted by Crippen LogP contribution is -2.30. The molecule has 0 saturated carbocycles. The fraction of sp³-hybridized carbons (Fsp3) is 0.286. The highest BCUT2D eigenvalue weighted by molar-refractivity contribution is 7.89. The Hall–Kier alpha value is -2.71. The van der Waals surface area contributed by atoms with Gasteiger partial charge < -0.3 is 10.3 Å². The fourth-order valence-electron chi connectivity index (χ4n) is 3.66. The second kappa shape index (κ2) is 7.96. The Morgan fingerprint density at radius 1 is 1.14 bits per heavy atom. The summed E-state index contributed by atoms with van der Waals surface area (Å²) in [4.78, 5) is 15.2. The molecule has 0 spiro atoms. The Bertz CT molecular complexity index is 1150. The minimum Gasteiger partial charge on any atom is -0.361 e. The summed E-state index contributed by atoms with van der Waals surface area (Å²) in [6.07, 6.45) is 4.05. The number of halogens is 1. The van der Waals surface area contributed by atoms with Gasteiger partial charge in [0.05, 0.1) is 0 Å².